The minimum atomic E-state index is 0.232. The van der Waals surface area contributed by atoms with Crippen LogP contribution in [-0.2, 0) is 0 Å². The molecule has 6 N–H and O–H groups in total. The van der Waals surface area contributed by atoms with Crippen LogP contribution < -0.4 is 22.1 Å². The minimum absolute atomic E-state index is 0.232. The molecular weight excluding hydrogens is 394 g/mol. The Bertz CT molecular complexity index is 1210. The predicted molar refractivity (Wildman–Crippen MR) is 117 cm³/mol. The molecule has 0 amide bonds. The van der Waals surface area contributed by atoms with Crippen LogP contribution in [-0.4, -0.2) is 42.6 Å². The molecule has 3 aromatic heterocycles. The molecule has 154 valence electrons. The molecule has 0 atom stereocenters. The number of imidazole rings is 1. The predicted octanol–water partition coefficient (Wildman–Crippen LogP) is 1.68. The first kappa shape index (κ1) is 19.6. The first-order chi connectivity index (χ1) is 15.1. The van der Waals surface area contributed by atoms with Crippen LogP contribution in [0.4, 0.5) is 23.4 Å². The van der Waals surface area contributed by atoms with Crippen LogP contribution in [0.5, 0.6) is 0 Å². The molecule has 11 heteroatoms. The molecule has 4 rings (SSSR count). The molecule has 0 saturated heterocycles. The number of nitrogens with one attached hydrogen (secondary N) is 2. The van der Waals surface area contributed by atoms with Crippen LogP contribution in [0.2, 0.25) is 0 Å². The Balaban J connectivity index is 1.50. The van der Waals surface area contributed by atoms with E-state index in [-0.39, 0.29) is 5.82 Å². The molecule has 0 fully saturated rings. The van der Waals surface area contributed by atoms with Crippen molar-refractivity contribution in [2.45, 2.75) is 0 Å². The van der Waals surface area contributed by atoms with E-state index in [0.717, 1.165) is 11.3 Å². The molecule has 0 spiro atoms. The first-order valence-electron chi connectivity index (χ1n) is 9.35. The minimum Gasteiger partial charge on any atom is -0.394 e. The van der Waals surface area contributed by atoms with Gasteiger partial charge in [-0.2, -0.15) is 10.2 Å². The molecule has 0 aliphatic rings. The molecular formula is C20H19N11. The van der Waals surface area contributed by atoms with Gasteiger partial charge in [-0.05, 0) is 12.1 Å². The van der Waals surface area contributed by atoms with Gasteiger partial charge in [0.2, 0.25) is 11.9 Å². The van der Waals surface area contributed by atoms with Crippen molar-refractivity contribution in [3.63, 3.8) is 0 Å². The topological polar surface area (TPSA) is 169 Å². The quantitative estimate of drug-likeness (QED) is 0.327. The van der Waals surface area contributed by atoms with Crippen molar-refractivity contribution >= 4 is 23.4 Å². The summed E-state index contributed by atoms with van der Waals surface area (Å²) in [4.78, 5) is 21.3. The maximum Gasteiger partial charge on any atom is 0.224 e. The number of benzene rings is 1. The highest BCUT2D eigenvalue weighted by Crippen LogP contribution is 2.25. The lowest BCUT2D eigenvalue weighted by Gasteiger charge is -2.12. The van der Waals surface area contributed by atoms with E-state index in [2.05, 4.69) is 41.6 Å². The molecule has 0 radical (unpaired) electrons. The van der Waals surface area contributed by atoms with E-state index in [4.69, 9.17) is 16.7 Å². The van der Waals surface area contributed by atoms with Crippen LogP contribution in [0.1, 0.15) is 5.56 Å². The van der Waals surface area contributed by atoms with Crippen LogP contribution >= 0.6 is 0 Å². The maximum absolute atomic E-state index is 9.05. The normalized spacial score (nSPS) is 10.4. The van der Waals surface area contributed by atoms with E-state index < -0.39 is 0 Å². The van der Waals surface area contributed by atoms with Crippen molar-refractivity contribution < 1.29 is 0 Å². The molecule has 1 aromatic carbocycles. The third kappa shape index (κ3) is 4.48. The number of aromatic nitrogens is 6. The second kappa shape index (κ2) is 8.75. The average molecular weight is 413 g/mol. The molecule has 0 aliphatic carbocycles. The SMILES string of the molecule is N#Cc1ccc(-c2nc(NCCNc3ncc(N)c(N)n3)ncc2-n2ccnc2)cc1. The lowest BCUT2D eigenvalue weighted by Crippen LogP contribution is -2.17. The molecule has 31 heavy (non-hydrogen) atoms. The van der Waals surface area contributed by atoms with E-state index in [1.807, 2.05) is 22.9 Å². The highest BCUT2D eigenvalue weighted by molar-refractivity contribution is 5.70. The Morgan fingerprint density at radius 1 is 0.968 bits per heavy atom. The molecule has 3 heterocycles. The highest BCUT2D eigenvalue weighted by Gasteiger charge is 2.12. The largest absolute Gasteiger partial charge is 0.394 e. The fourth-order valence-corrected chi connectivity index (χ4v) is 2.80. The molecule has 0 aliphatic heterocycles. The Morgan fingerprint density at radius 2 is 1.68 bits per heavy atom. The van der Waals surface area contributed by atoms with E-state index in [9.17, 15) is 0 Å². The summed E-state index contributed by atoms with van der Waals surface area (Å²) >= 11 is 0. The van der Waals surface area contributed by atoms with E-state index in [1.165, 1.54) is 6.20 Å². The van der Waals surface area contributed by atoms with Gasteiger partial charge in [0, 0.05) is 31.0 Å². The Hall–Kier alpha value is -4.72. The van der Waals surface area contributed by atoms with Gasteiger partial charge in [0.05, 0.1) is 47.4 Å². The van der Waals surface area contributed by atoms with Crippen LogP contribution in [0, 0.1) is 11.3 Å². The lowest BCUT2D eigenvalue weighted by atomic mass is 10.1. The smallest absolute Gasteiger partial charge is 0.224 e. The van der Waals surface area contributed by atoms with Crippen molar-refractivity contribution in [2.75, 3.05) is 35.2 Å². The summed E-state index contributed by atoms with van der Waals surface area (Å²) in [5.74, 6) is 1.09. The van der Waals surface area contributed by atoms with Gasteiger partial charge in [0.1, 0.15) is 0 Å². The highest BCUT2D eigenvalue weighted by atomic mass is 15.2. The van der Waals surface area contributed by atoms with Gasteiger partial charge >= 0.3 is 0 Å². The summed E-state index contributed by atoms with van der Waals surface area (Å²) < 4.78 is 1.84. The number of nitrogen functional groups attached to an aromatic ring is 2. The van der Waals surface area contributed by atoms with Gasteiger partial charge in [-0.25, -0.2) is 19.9 Å². The first-order valence-corrected chi connectivity index (χ1v) is 9.35. The number of anilines is 4. The second-order valence-corrected chi connectivity index (χ2v) is 6.47. The van der Waals surface area contributed by atoms with Crippen molar-refractivity contribution in [1.82, 2.24) is 29.5 Å². The van der Waals surface area contributed by atoms with Crippen LogP contribution in [0.25, 0.3) is 16.9 Å². The van der Waals surface area contributed by atoms with Crippen molar-refractivity contribution in [2.24, 2.45) is 0 Å². The van der Waals surface area contributed by atoms with Crippen molar-refractivity contribution in [3.05, 3.63) is 60.9 Å². The van der Waals surface area contributed by atoms with Crippen LogP contribution in [0.3, 0.4) is 0 Å². The number of nitrogens with two attached hydrogens (primary N) is 2. The van der Waals surface area contributed by atoms with E-state index >= 15 is 0 Å². The fourth-order valence-electron chi connectivity index (χ4n) is 2.80. The molecule has 0 bridgehead atoms. The zero-order valence-corrected chi connectivity index (χ0v) is 16.4. The average Bonchev–Trinajstić information content (AvgIpc) is 3.34. The lowest BCUT2D eigenvalue weighted by molar-refractivity contribution is 0.978. The van der Waals surface area contributed by atoms with Crippen molar-refractivity contribution in [1.29, 1.82) is 5.26 Å². The van der Waals surface area contributed by atoms with Crippen molar-refractivity contribution in [3.8, 4) is 23.0 Å². The van der Waals surface area contributed by atoms with Gasteiger partial charge in [-0.1, -0.05) is 12.1 Å². The zero-order valence-electron chi connectivity index (χ0n) is 16.4. The van der Waals surface area contributed by atoms with Crippen LogP contribution in [0.15, 0.2) is 55.4 Å². The molecule has 0 unspecified atom stereocenters. The van der Waals surface area contributed by atoms with Gasteiger partial charge in [0.15, 0.2) is 5.82 Å². The summed E-state index contributed by atoms with van der Waals surface area (Å²) in [7, 11) is 0. The third-order valence-electron chi connectivity index (χ3n) is 4.38. The maximum atomic E-state index is 9.05. The van der Waals surface area contributed by atoms with E-state index in [1.54, 1.807) is 30.9 Å². The van der Waals surface area contributed by atoms with Gasteiger partial charge in [-0.3, -0.25) is 0 Å². The molecule has 0 saturated carbocycles. The Kier molecular flexibility index (Phi) is 5.53. The fraction of sp³-hybridized carbons (Fsp3) is 0.100. The summed E-state index contributed by atoms with van der Waals surface area (Å²) in [6.45, 7) is 1.03. The molecule has 4 aromatic rings. The van der Waals surface area contributed by atoms with Gasteiger partial charge in [-0.15, -0.1) is 0 Å². The summed E-state index contributed by atoms with van der Waals surface area (Å²) in [6.07, 6.45) is 8.37. The number of nitriles is 1. The third-order valence-corrected chi connectivity index (χ3v) is 4.38. The summed E-state index contributed by atoms with van der Waals surface area (Å²) in [5, 5.41) is 15.3. The number of hydrogen-bond acceptors (Lipinski definition) is 10. The van der Waals surface area contributed by atoms with E-state index in [0.29, 0.717) is 41.9 Å². The second-order valence-electron chi connectivity index (χ2n) is 6.47. The van der Waals surface area contributed by atoms with Gasteiger partial charge in [0.25, 0.3) is 0 Å². The monoisotopic (exact) mass is 413 g/mol. The standard InChI is InChI=1S/C20H19N11/c21-9-13-1-3-14(4-2-13)17-16(31-8-7-24-12-31)11-28-19(29-17)25-5-6-26-20-27-10-15(22)18(23)30-20/h1-4,7-8,10-12H,5-6,22H2,(H,25,28,29)(H3,23,26,27,30). The Morgan fingerprint density at radius 3 is 2.32 bits per heavy atom. The zero-order chi connectivity index (χ0) is 21.6. The van der Waals surface area contributed by atoms with Gasteiger partial charge < -0.3 is 26.7 Å². The number of hydrogen-bond donors (Lipinski definition) is 4. The number of rotatable bonds is 7. The molecule has 11 nitrogen and oxygen atoms in total. The number of nitrogens with zero attached hydrogens (tertiary/aromatic N) is 7. The summed E-state index contributed by atoms with van der Waals surface area (Å²) in [5.41, 5.74) is 14.6. The Labute approximate surface area is 177 Å². The summed E-state index contributed by atoms with van der Waals surface area (Å²) in [6, 6.07) is 9.34.